The fourth-order valence-corrected chi connectivity index (χ4v) is 2.19. The van der Waals surface area contributed by atoms with E-state index in [0.717, 1.165) is 19.6 Å². The summed E-state index contributed by atoms with van der Waals surface area (Å²) in [5, 5.41) is 6.14. The van der Waals surface area contributed by atoms with Gasteiger partial charge in [0.15, 0.2) is 0 Å². The Labute approximate surface area is 119 Å². The van der Waals surface area contributed by atoms with E-state index in [4.69, 9.17) is 0 Å². The van der Waals surface area contributed by atoms with Crippen molar-refractivity contribution in [2.45, 2.75) is 78.1 Å². The van der Waals surface area contributed by atoms with Crippen molar-refractivity contribution in [1.82, 2.24) is 10.6 Å². The van der Waals surface area contributed by atoms with Crippen LogP contribution in [0, 0.1) is 0 Å². The number of unbranched alkanes of at least 4 members (excludes halogenated alkanes) is 9. The maximum absolute atomic E-state index is 10.6. The van der Waals surface area contributed by atoms with E-state index in [9.17, 15) is 4.79 Å². The fraction of sp³-hybridized carbons (Fsp3) is 0.938. The summed E-state index contributed by atoms with van der Waals surface area (Å²) in [7, 11) is 0. The number of rotatable bonds is 14. The minimum atomic E-state index is 0.0562. The lowest BCUT2D eigenvalue weighted by Crippen LogP contribution is -2.30. The maximum atomic E-state index is 10.6. The van der Waals surface area contributed by atoms with Crippen molar-refractivity contribution in [2.75, 3.05) is 19.6 Å². The Morgan fingerprint density at radius 3 is 1.79 bits per heavy atom. The molecule has 0 saturated heterocycles. The normalized spacial score (nSPS) is 10.6. The molecule has 2 N–H and O–H groups in total. The van der Waals surface area contributed by atoms with E-state index in [2.05, 4.69) is 17.6 Å². The fourth-order valence-electron chi connectivity index (χ4n) is 2.19. The SMILES string of the molecule is CCCCCCCCCCCCNCCNC(C)=O. The van der Waals surface area contributed by atoms with E-state index in [1.807, 2.05) is 0 Å². The zero-order valence-electron chi connectivity index (χ0n) is 13.1. The first-order valence-corrected chi connectivity index (χ1v) is 8.22. The summed E-state index contributed by atoms with van der Waals surface area (Å²) in [4.78, 5) is 10.6. The lowest BCUT2D eigenvalue weighted by Gasteiger charge is -2.05. The molecular weight excluding hydrogens is 236 g/mol. The number of carbonyl (C=O) groups is 1. The Kier molecular flexibility index (Phi) is 15.0. The highest BCUT2D eigenvalue weighted by atomic mass is 16.1. The van der Waals surface area contributed by atoms with Gasteiger partial charge in [0.1, 0.15) is 0 Å². The molecule has 3 heteroatoms. The van der Waals surface area contributed by atoms with Crippen LogP contribution in [0.2, 0.25) is 0 Å². The van der Waals surface area contributed by atoms with Crippen molar-refractivity contribution in [2.24, 2.45) is 0 Å². The van der Waals surface area contributed by atoms with Gasteiger partial charge >= 0.3 is 0 Å². The quantitative estimate of drug-likeness (QED) is 0.473. The molecular formula is C16H34N2O. The molecule has 0 aromatic rings. The Hall–Kier alpha value is -0.570. The molecule has 0 saturated carbocycles. The lowest BCUT2D eigenvalue weighted by atomic mass is 10.1. The third-order valence-electron chi connectivity index (χ3n) is 3.38. The summed E-state index contributed by atoms with van der Waals surface area (Å²) in [5.74, 6) is 0.0562. The van der Waals surface area contributed by atoms with Gasteiger partial charge in [0.25, 0.3) is 0 Å². The Morgan fingerprint density at radius 1 is 0.737 bits per heavy atom. The van der Waals surface area contributed by atoms with Crippen LogP contribution in [0.25, 0.3) is 0 Å². The van der Waals surface area contributed by atoms with Crippen LogP contribution in [0.15, 0.2) is 0 Å². The number of hydrogen-bond acceptors (Lipinski definition) is 2. The van der Waals surface area contributed by atoms with Crippen molar-refractivity contribution in [1.29, 1.82) is 0 Å². The number of amides is 1. The van der Waals surface area contributed by atoms with Crippen LogP contribution in [0.4, 0.5) is 0 Å². The molecule has 0 aromatic carbocycles. The molecule has 0 rings (SSSR count). The van der Waals surface area contributed by atoms with Crippen LogP contribution in [-0.4, -0.2) is 25.5 Å². The van der Waals surface area contributed by atoms with Gasteiger partial charge in [0, 0.05) is 20.0 Å². The van der Waals surface area contributed by atoms with Crippen molar-refractivity contribution >= 4 is 5.91 Å². The first kappa shape index (κ1) is 18.4. The first-order valence-electron chi connectivity index (χ1n) is 8.22. The molecule has 0 aliphatic rings. The highest BCUT2D eigenvalue weighted by molar-refractivity contribution is 5.72. The van der Waals surface area contributed by atoms with Gasteiger partial charge in [-0.2, -0.15) is 0 Å². The molecule has 0 bridgehead atoms. The topological polar surface area (TPSA) is 41.1 Å². The van der Waals surface area contributed by atoms with Gasteiger partial charge < -0.3 is 10.6 Å². The molecule has 0 aromatic heterocycles. The van der Waals surface area contributed by atoms with Crippen LogP contribution in [0.5, 0.6) is 0 Å². The standard InChI is InChI=1S/C16H34N2O/c1-3-4-5-6-7-8-9-10-11-12-13-17-14-15-18-16(2)19/h17H,3-15H2,1-2H3,(H,18,19). The number of carbonyl (C=O) groups excluding carboxylic acids is 1. The Bertz CT molecular complexity index is 195. The zero-order chi connectivity index (χ0) is 14.2. The van der Waals surface area contributed by atoms with E-state index in [1.54, 1.807) is 6.92 Å². The van der Waals surface area contributed by atoms with Crippen LogP contribution in [-0.2, 0) is 4.79 Å². The summed E-state index contributed by atoms with van der Waals surface area (Å²) >= 11 is 0. The summed E-state index contributed by atoms with van der Waals surface area (Å²) in [6.45, 7) is 6.53. The molecule has 3 nitrogen and oxygen atoms in total. The molecule has 0 atom stereocenters. The molecule has 0 heterocycles. The third-order valence-corrected chi connectivity index (χ3v) is 3.38. The molecule has 19 heavy (non-hydrogen) atoms. The average Bonchev–Trinajstić information content (AvgIpc) is 2.39. The summed E-state index contributed by atoms with van der Waals surface area (Å²) in [6, 6.07) is 0. The van der Waals surface area contributed by atoms with Crippen LogP contribution in [0.1, 0.15) is 78.1 Å². The lowest BCUT2D eigenvalue weighted by molar-refractivity contribution is -0.118. The van der Waals surface area contributed by atoms with Gasteiger partial charge in [-0.1, -0.05) is 64.7 Å². The summed E-state index contributed by atoms with van der Waals surface area (Å²) in [5.41, 5.74) is 0. The van der Waals surface area contributed by atoms with E-state index in [0.29, 0.717) is 0 Å². The molecule has 0 fully saturated rings. The molecule has 0 aliphatic carbocycles. The minimum Gasteiger partial charge on any atom is -0.355 e. The molecule has 0 aliphatic heterocycles. The zero-order valence-corrected chi connectivity index (χ0v) is 13.1. The van der Waals surface area contributed by atoms with Gasteiger partial charge in [-0.25, -0.2) is 0 Å². The highest BCUT2D eigenvalue weighted by Crippen LogP contribution is 2.10. The minimum absolute atomic E-state index is 0.0562. The van der Waals surface area contributed by atoms with Crippen molar-refractivity contribution in [3.8, 4) is 0 Å². The Morgan fingerprint density at radius 2 is 1.26 bits per heavy atom. The average molecular weight is 270 g/mol. The first-order chi connectivity index (χ1) is 9.27. The van der Waals surface area contributed by atoms with E-state index >= 15 is 0 Å². The molecule has 0 spiro atoms. The van der Waals surface area contributed by atoms with E-state index in [1.165, 1.54) is 64.2 Å². The second kappa shape index (κ2) is 15.5. The number of hydrogen-bond donors (Lipinski definition) is 2. The van der Waals surface area contributed by atoms with Crippen LogP contribution in [0.3, 0.4) is 0 Å². The van der Waals surface area contributed by atoms with Gasteiger partial charge in [-0.3, -0.25) is 4.79 Å². The van der Waals surface area contributed by atoms with Gasteiger partial charge in [-0.05, 0) is 13.0 Å². The van der Waals surface area contributed by atoms with Crippen LogP contribution < -0.4 is 10.6 Å². The smallest absolute Gasteiger partial charge is 0.216 e. The second-order valence-electron chi connectivity index (χ2n) is 5.41. The van der Waals surface area contributed by atoms with Gasteiger partial charge in [0.2, 0.25) is 5.91 Å². The predicted octanol–water partition coefficient (Wildman–Crippen LogP) is 3.63. The third kappa shape index (κ3) is 17.4. The summed E-state index contributed by atoms with van der Waals surface area (Å²) in [6.07, 6.45) is 13.8. The maximum Gasteiger partial charge on any atom is 0.216 e. The van der Waals surface area contributed by atoms with E-state index < -0.39 is 0 Å². The van der Waals surface area contributed by atoms with Crippen LogP contribution >= 0.6 is 0 Å². The molecule has 0 unspecified atom stereocenters. The van der Waals surface area contributed by atoms with Gasteiger partial charge in [-0.15, -0.1) is 0 Å². The Balaban J connectivity index is 2.93. The molecule has 0 radical (unpaired) electrons. The van der Waals surface area contributed by atoms with Crippen molar-refractivity contribution in [3.05, 3.63) is 0 Å². The number of nitrogens with one attached hydrogen (secondary N) is 2. The van der Waals surface area contributed by atoms with Crippen molar-refractivity contribution < 1.29 is 4.79 Å². The monoisotopic (exact) mass is 270 g/mol. The van der Waals surface area contributed by atoms with Gasteiger partial charge in [0.05, 0.1) is 0 Å². The second-order valence-corrected chi connectivity index (χ2v) is 5.41. The molecule has 1 amide bonds. The highest BCUT2D eigenvalue weighted by Gasteiger charge is 1.93. The van der Waals surface area contributed by atoms with E-state index in [-0.39, 0.29) is 5.91 Å². The molecule has 114 valence electrons. The van der Waals surface area contributed by atoms with Crippen molar-refractivity contribution in [3.63, 3.8) is 0 Å². The predicted molar refractivity (Wildman–Crippen MR) is 83.4 cm³/mol. The summed E-state index contributed by atoms with van der Waals surface area (Å²) < 4.78 is 0. The largest absolute Gasteiger partial charge is 0.355 e.